The van der Waals surface area contributed by atoms with Gasteiger partial charge in [-0.25, -0.2) is 9.69 Å². The highest BCUT2D eigenvalue weighted by Crippen LogP contribution is 2.06. The van der Waals surface area contributed by atoms with Gasteiger partial charge in [0.1, 0.15) is 6.67 Å². The fourth-order valence-corrected chi connectivity index (χ4v) is 1.40. The summed E-state index contributed by atoms with van der Waals surface area (Å²) in [5.41, 5.74) is 0. The number of hydrogen-bond acceptors (Lipinski definition) is 4. The summed E-state index contributed by atoms with van der Waals surface area (Å²) in [6, 6.07) is -0.836. The van der Waals surface area contributed by atoms with Crippen LogP contribution in [0.5, 0.6) is 0 Å². The van der Waals surface area contributed by atoms with Crippen molar-refractivity contribution in [1.82, 2.24) is 15.1 Å². The Balaban J connectivity index is 4.96. The number of carbonyl (C=O) groups is 4. The third-order valence-electron chi connectivity index (χ3n) is 2.41. The van der Waals surface area contributed by atoms with E-state index in [1.54, 1.807) is 27.7 Å². The molecular formula is C12H21N3O4. The van der Waals surface area contributed by atoms with E-state index in [1.807, 2.05) is 5.32 Å². The molecule has 0 unspecified atom stereocenters. The number of urea groups is 1. The standard InChI is InChI=1S/C12H21N3O4/c1-8(2)10(17)14(5)7-15(11(18)9(3)4)12(19)13-6-16/h6,8-9H,7H2,1-5H3,(H,13,16,19). The second-order valence-electron chi connectivity index (χ2n) is 4.82. The first kappa shape index (κ1) is 17.1. The molecule has 0 fully saturated rings. The first-order valence-corrected chi connectivity index (χ1v) is 6.02. The molecule has 0 aliphatic heterocycles. The topological polar surface area (TPSA) is 86.8 Å². The van der Waals surface area contributed by atoms with E-state index >= 15 is 0 Å². The maximum absolute atomic E-state index is 11.9. The summed E-state index contributed by atoms with van der Waals surface area (Å²) < 4.78 is 0. The molecule has 5 amide bonds. The second-order valence-corrected chi connectivity index (χ2v) is 4.82. The lowest BCUT2D eigenvalue weighted by Gasteiger charge is -2.28. The lowest BCUT2D eigenvalue weighted by molar-refractivity contribution is -0.139. The van der Waals surface area contributed by atoms with Crippen LogP contribution in [0.25, 0.3) is 0 Å². The molecule has 0 bridgehead atoms. The van der Waals surface area contributed by atoms with Gasteiger partial charge < -0.3 is 4.90 Å². The number of carbonyl (C=O) groups excluding carboxylic acids is 4. The largest absolute Gasteiger partial charge is 0.332 e. The van der Waals surface area contributed by atoms with Gasteiger partial charge in [0.15, 0.2) is 0 Å². The van der Waals surface area contributed by atoms with Gasteiger partial charge in [-0.3, -0.25) is 19.7 Å². The quantitative estimate of drug-likeness (QED) is 0.579. The van der Waals surface area contributed by atoms with Crippen LogP contribution in [-0.2, 0) is 14.4 Å². The Morgan fingerprint density at radius 2 is 1.53 bits per heavy atom. The van der Waals surface area contributed by atoms with Crippen molar-refractivity contribution in [2.24, 2.45) is 11.8 Å². The molecule has 0 aromatic rings. The van der Waals surface area contributed by atoms with Crippen molar-refractivity contribution < 1.29 is 19.2 Å². The second kappa shape index (κ2) is 7.50. The molecule has 0 rings (SSSR count). The van der Waals surface area contributed by atoms with E-state index in [-0.39, 0.29) is 24.9 Å². The molecule has 7 nitrogen and oxygen atoms in total. The van der Waals surface area contributed by atoms with Gasteiger partial charge in [0.2, 0.25) is 18.2 Å². The lowest BCUT2D eigenvalue weighted by atomic mass is 10.2. The molecule has 0 spiro atoms. The van der Waals surface area contributed by atoms with E-state index in [0.717, 1.165) is 4.90 Å². The summed E-state index contributed by atoms with van der Waals surface area (Å²) in [7, 11) is 1.50. The van der Waals surface area contributed by atoms with Gasteiger partial charge in [0, 0.05) is 18.9 Å². The first-order valence-electron chi connectivity index (χ1n) is 6.02. The first-order chi connectivity index (χ1) is 8.72. The average molecular weight is 271 g/mol. The van der Waals surface area contributed by atoms with Crippen LogP contribution in [0.15, 0.2) is 0 Å². The Morgan fingerprint density at radius 3 is 1.89 bits per heavy atom. The minimum Gasteiger partial charge on any atom is -0.327 e. The fraction of sp³-hybridized carbons (Fsp3) is 0.667. The van der Waals surface area contributed by atoms with Crippen LogP contribution in [0, 0.1) is 11.8 Å². The summed E-state index contributed by atoms with van der Waals surface area (Å²) in [6.45, 7) is 6.52. The molecule has 0 saturated carbocycles. The summed E-state index contributed by atoms with van der Waals surface area (Å²) in [6.07, 6.45) is 0.202. The molecule has 0 saturated heterocycles. The SMILES string of the molecule is CC(C)C(=O)N(C)CN(C(=O)NC=O)C(=O)C(C)C. The zero-order valence-electron chi connectivity index (χ0n) is 12.0. The lowest BCUT2D eigenvalue weighted by Crippen LogP contribution is -2.51. The molecule has 0 heterocycles. The smallest absolute Gasteiger partial charge is 0.327 e. The number of amides is 5. The summed E-state index contributed by atoms with van der Waals surface area (Å²) in [5.74, 6) is -1.31. The van der Waals surface area contributed by atoms with E-state index in [4.69, 9.17) is 0 Å². The Bertz CT molecular complexity index is 366. The minimum atomic E-state index is -0.836. The number of hydrogen-bond donors (Lipinski definition) is 1. The zero-order valence-corrected chi connectivity index (χ0v) is 12.0. The van der Waals surface area contributed by atoms with E-state index in [0.29, 0.717) is 0 Å². The van der Waals surface area contributed by atoms with Crippen LogP contribution >= 0.6 is 0 Å². The van der Waals surface area contributed by atoms with E-state index < -0.39 is 17.9 Å². The van der Waals surface area contributed by atoms with Crippen molar-refractivity contribution in [2.75, 3.05) is 13.7 Å². The highest BCUT2D eigenvalue weighted by atomic mass is 16.2. The van der Waals surface area contributed by atoms with Crippen LogP contribution < -0.4 is 5.32 Å². The van der Waals surface area contributed by atoms with Crippen molar-refractivity contribution in [2.45, 2.75) is 27.7 Å². The third-order valence-corrected chi connectivity index (χ3v) is 2.41. The minimum absolute atomic E-state index is 0.187. The van der Waals surface area contributed by atoms with E-state index in [1.165, 1.54) is 11.9 Å². The summed E-state index contributed by atoms with van der Waals surface area (Å²) >= 11 is 0. The van der Waals surface area contributed by atoms with Gasteiger partial charge in [-0.2, -0.15) is 0 Å². The van der Waals surface area contributed by atoms with Crippen LogP contribution in [0.4, 0.5) is 4.79 Å². The van der Waals surface area contributed by atoms with Crippen molar-refractivity contribution >= 4 is 24.3 Å². The molecule has 0 radical (unpaired) electrons. The highest BCUT2D eigenvalue weighted by molar-refractivity contribution is 5.98. The van der Waals surface area contributed by atoms with Crippen LogP contribution in [0.3, 0.4) is 0 Å². The predicted molar refractivity (Wildman–Crippen MR) is 68.8 cm³/mol. The molecule has 0 aromatic carbocycles. The Labute approximate surface area is 112 Å². The van der Waals surface area contributed by atoms with Gasteiger partial charge in [0.25, 0.3) is 0 Å². The maximum atomic E-state index is 11.9. The zero-order chi connectivity index (χ0) is 15.2. The Hall–Kier alpha value is -1.92. The molecule has 108 valence electrons. The predicted octanol–water partition coefficient (Wildman–Crippen LogP) is 0.409. The highest BCUT2D eigenvalue weighted by Gasteiger charge is 2.26. The average Bonchev–Trinajstić information content (AvgIpc) is 2.33. The van der Waals surface area contributed by atoms with E-state index in [9.17, 15) is 19.2 Å². The molecular weight excluding hydrogens is 250 g/mol. The summed E-state index contributed by atoms with van der Waals surface area (Å²) in [4.78, 5) is 47.7. The number of imide groups is 2. The van der Waals surface area contributed by atoms with Gasteiger partial charge in [0.05, 0.1) is 0 Å². The molecule has 0 aromatic heterocycles. The van der Waals surface area contributed by atoms with Gasteiger partial charge in [-0.15, -0.1) is 0 Å². The van der Waals surface area contributed by atoms with Crippen LogP contribution in [0.1, 0.15) is 27.7 Å². The van der Waals surface area contributed by atoms with Crippen LogP contribution in [-0.4, -0.2) is 47.8 Å². The fourth-order valence-electron chi connectivity index (χ4n) is 1.40. The Kier molecular flexibility index (Phi) is 6.74. The van der Waals surface area contributed by atoms with Gasteiger partial charge in [-0.1, -0.05) is 27.7 Å². The molecule has 0 aliphatic rings. The van der Waals surface area contributed by atoms with Crippen molar-refractivity contribution in [3.8, 4) is 0 Å². The molecule has 1 N–H and O–H groups in total. The summed E-state index contributed by atoms with van der Waals surface area (Å²) in [5, 5.41) is 1.90. The number of rotatable bonds is 5. The number of nitrogens with one attached hydrogen (secondary N) is 1. The normalized spacial score (nSPS) is 10.3. The molecule has 0 atom stereocenters. The monoisotopic (exact) mass is 271 g/mol. The van der Waals surface area contributed by atoms with Crippen molar-refractivity contribution in [3.05, 3.63) is 0 Å². The van der Waals surface area contributed by atoms with Gasteiger partial charge in [-0.05, 0) is 0 Å². The Morgan fingerprint density at radius 1 is 1.05 bits per heavy atom. The van der Waals surface area contributed by atoms with E-state index in [2.05, 4.69) is 0 Å². The van der Waals surface area contributed by atoms with Gasteiger partial charge >= 0.3 is 6.03 Å². The molecule has 19 heavy (non-hydrogen) atoms. The maximum Gasteiger partial charge on any atom is 0.332 e. The van der Waals surface area contributed by atoms with Crippen molar-refractivity contribution in [1.29, 1.82) is 0 Å². The number of nitrogens with zero attached hydrogens (tertiary/aromatic N) is 2. The molecule has 0 aliphatic carbocycles. The molecule has 7 heteroatoms. The third kappa shape index (κ3) is 5.07. The van der Waals surface area contributed by atoms with Crippen LogP contribution in [0.2, 0.25) is 0 Å². The van der Waals surface area contributed by atoms with Crippen molar-refractivity contribution in [3.63, 3.8) is 0 Å².